The standard InChI is InChI=1S/C16H18N2O2/c1-3-12(2)17-18-16(19)11-20-15-9-8-13-6-4-5-7-14(13)10-15/h4-10H,3,11H2,1-2H3,(H,18,19)/b17-12-. The highest BCUT2D eigenvalue weighted by Gasteiger charge is 2.02. The van der Waals surface area contributed by atoms with Crippen molar-refractivity contribution in [2.45, 2.75) is 20.3 Å². The third-order valence-corrected chi connectivity index (χ3v) is 2.97. The lowest BCUT2D eigenvalue weighted by Gasteiger charge is -2.06. The maximum Gasteiger partial charge on any atom is 0.277 e. The van der Waals surface area contributed by atoms with Gasteiger partial charge in [-0.2, -0.15) is 5.10 Å². The van der Waals surface area contributed by atoms with Gasteiger partial charge in [0, 0.05) is 5.71 Å². The monoisotopic (exact) mass is 270 g/mol. The Hall–Kier alpha value is -2.36. The minimum Gasteiger partial charge on any atom is -0.484 e. The zero-order valence-electron chi connectivity index (χ0n) is 11.7. The smallest absolute Gasteiger partial charge is 0.277 e. The first-order chi connectivity index (χ1) is 9.69. The van der Waals surface area contributed by atoms with E-state index in [2.05, 4.69) is 10.5 Å². The van der Waals surface area contributed by atoms with Crippen molar-refractivity contribution >= 4 is 22.4 Å². The van der Waals surface area contributed by atoms with Crippen molar-refractivity contribution in [2.75, 3.05) is 6.61 Å². The molecule has 0 aliphatic heterocycles. The van der Waals surface area contributed by atoms with E-state index in [1.165, 1.54) is 0 Å². The Bertz CT molecular complexity index is 635. The highest BCUT2D eigenvalue weighted by atomic mass is 16.5. The van der Waals surface area contributed by atoms with Crippen LogP contribution in [-0.2, 0) is 4.79 Å². The van der Waals surface area contributed by atoms with Gasteiger partial charge in [-0.3, -0.25) is 4.79 Å². The quantitative estimate of drug-likeness (QED) is 0.670. The maximum atomic E-state index is 11.6. The van der Waals surface area contributed by atoms with E-state index in [1.807, 2.05) is 56.3 Å². The van der Waals surface area contributed by atoms with Crippen molar-refractivity contribution in [2.24, 2.45) is 5.10 Å². The second-order valence-electron chi connectivity index (χ2n) is 4.53. The second kappa shape index (κ2) is 6.70. The first-order valence-corrected chi connectivity index (χ1v) is 6.62. The molecule has 0 saturated carbocycles. The van der Waals surface area contributed by atoms with Crippen LogP contribution in [0, 0.1) is 0 Å². The molecule has 0 saturated heterocycles. The number of carbonyl (C=O) groups excluding carboxylic acids is 1. The number of amides is 1. The van der Waals surface area contributed by atoms with Crippen molar-refractivity contribution in [3.63, 3.8) is 0 Å². The van der Waals surface area contributed by atoms with Gasteiger partial charge in [0.05, 0.1) is 0 Å². The van der Waals surface area contributed by atoms with Gasteiger partial charge in [-0.1, -0.05) is 37.3 Å². The fraction of sp³-hybridized carbons (Fsp3) is 0.250. The summed E-state index contributed by atoms with van der Waals surface area (Å²) >= 11 is 0. The lowest BCUT2D eigenvalue weighted by Crippen LogP contribution is -2.25. The molecule has 1 N–H and O–H groups in total. The zero-order chi connectivity index (χ0) is 14.4. The third-order valence-electron chi connectivity index (χ3n) is 2.97. The first kappa shape index (κ1) is 14.1. The number of fused-ring (bicyclic) bond motifs is 1. The molecule has 0 fully saturated rings. The van der Waals surface area contributed by atoms with Gasteiger partial charge in [-0.25, -0.2) is 5.43 Å². The van der Waals surface area contributed by atoms with E-state index in [9.17, 15) is 4.79 Å². The number of hydrazone groups is 1. The van der Waals surface area contributed by atoms with Crippen LogP contribution in [0.3, 0.4) is 0 Å². The van der Waals surface area contributed by atoms with Crippen LogP contribution in [0.15, 0.2) is 47.6 Å². The van der Waals surface area contributed by atoms with E-state index >= 15 is 0 Å². The largest absolute Gasteiger partial charge is 0.484 e. The predicted octanol–water partition coefficient (Wildman–Crippen LogP) is 3.12. The number of benzene rings is 2. The number of nitrogens with zero attached hydrogens (tertiary/aromatic N) is 1. The summed E-state index contributed by atoms with van der Waals surface area (Å²) in [6.07, 6.45) is 0.811. The number of rotatable bonds is 5. The van der Waals surface area contributed by atoms with Crippen molar-refractivity contribution in [1.29, 1.82) is 0 Å². The molecule has 1 amide bonds. The molecule has 0 atom stereocenters. The summed E-state index contributed by atoms with van der Waals surface area (Å²) in [6.45, 7) is 3.81. The summed E-state index contributed by atoms with van der Waals surface area (Å²) in [7, 11) is 0. The van der Waals surface area contributed by atoms with E-state index in [1.54, 1.807) is 0 Å². The normalized spacial score (nSPS) is 11.4. The first-order valence-electron chi connectivity index (χ1n) is 6.62. The highest BCUT2D eigenvalue weighted by molar-refractivity contribution is 5.85. The summed E-state index contributed by atoms with van der Waals surface area (Å²) in [5.41, 5.74) is 3.34. The minimum atomic E-state index is -0.258. The lowest BCUT2D eigenvalue weighted by atomic mass is 10.1. The van der Waals surface area contributed by atoms with Gasteiger partial charge in [0.2, 0.25) is 0 Å². The Labute approximate surface area is 118 Å². The number of nitrogens with one attached hydrogen (secondary N) is 1. The molecule has 4 heteroatoms. The van der Waals surface area contributed by atoms with Crippen LogP contribution >= 0.6 is 0 Å². The molecule has 0 radical (unpaired) electrons. The van der Waals surface area contributed by atoms with E-state index < -0.39 is 0 Å². The number of hydrogen-bond acceptors (Lipinski definition) is 3. The maximum absolute atomic E-state index is 11.6. The molecular weight excluding hydrogens is 252 g/mol. The molecule has 2 rings (SSSR count). The summed E-state index contributed by atoms with van der Waals surface area (Å²) < 4.78 is 5.46. The average Bonchev–Trinajstić information content (AvgIpc) is 2.50. The molecule has 20 heavy (non-hydrogen) atoms. The molecular formula is C16H18N2O2. The molecule has 0 aliphatic rings. The molecule has 0 aromatic heterocycles. The van der Waals surface area contributed by atoms with Crippen LogP contribution in [0.5, 0.6) is 5.75 Å². The van der Waals surface area contributed by atoms with Crippen LogP contribution in [0.25, 0.3) is 10.8 Å². The Morgan fingerprint density at radius 2 is 1.95 bits per heavy atom. The Kier molecular flexibility index (Phi) is 4.71. The number of hydrogen-bond donors (Lipinski definition) is 1. The van der Waals surface area contributed by atoms with Gasteiger partial charge >= 0.3 is 0 Å². The van der Waals surface area contributed by atoms with Crippen molar-refractivity contribution in [3.8, 4) is 5.75 Å². The predicted molar refractivity (Wildman–Crippen MR) is 81.0 cm³/mol. The summed E-state index contributed by atoms with van der Waals surface area (Å²) in [4.78, 5) is 11.6. The number of ether oxygens (including phenoxy) is 1. The van der Waals surface area contributed by atoms with Crippen LogP contribution < -0.4 is 10.2 Å². The summed E-state index contributed by atoms with van der Waals surface area (Å²) in [6, 6.07) is 13.8. The highest BCUT2D eigenvalue weighted by Crippen LogP contribution is 2.20. The van der Waals surface area contributed by atoms with Crippen LogP contribution in [0.1, 0.15) is 20.3 Å². The van der Waals surface area contributed by atoms with Gasteiger partial charge in [0.15, 0.2) is 6.61 Å². The van der Waals surface area contributed by atoms with Crippen molar-refractivity contribution in [3.05, 3.63) is 42.5 Å². The molecule has 104 valence electrons. The Morgan fingerprint density at radius 3 is 2.70 bits per heavy atom. The number of carbonyl (C=O) groups is 1. The van der Waals surface area contributed by atoms with E-state index in [0.717, 1.165) is 22.9 Å². The molecule has 0 aliphatic carbocycles. The summed E-state index contributed by atoms with van der Waals surface area (Å²) in [5, 5.41) is 6.18. The third kappa shape index (κ3) is 3.82. The van der Waals surface area contributed by atoms with E-state index in [4.69, 9.17) is 4.74 Å². The lowest BCUT2D eigenvalue weighted by molar-refractivity contribution is -0.123. The second-order valence-corrected chi connectivity index (χ2v) is 4.53. The molecule has 0 heterocycles. The zero-order valence-corrected chi connectivity index (χ0v) is 11.7. The molecule has 0 bridgehead atoms. The van der Waals surface area contributed by atoms with Crippen LogP contribution in [-0.4, -0.2) is 18.2 Å². The van der Waals surface area contributed by atoms with Crippen LogP contribution in [0.4, 0.5) is 0 Å². The van der Waals surface area contributed by atoms with Gasteiger partial charge in [-0.15, -0.1) is 0 Å². The van der Waals surface area contributed by atoms with Gasteiger partial charge in [0.25, 0.3) is 5.91 Å². The fourth-order valence-electron chi connectivity index (χ4n) is 1.68. The molecule has 2 aromatic carbocycles. The van der Waals surface area contributed by atoms with E-state index in [0.29, 0.717) is 5.75 Å². The SMILES string of the molecule is CC/C(C)=N\NC(=O)COc1ccc2ccccc2c1. The van der Waals surface area contributed by atoms with Gasteiger partial charge in [0.1, 0.15) is 5.75 Å². The van der Waals surface area contributed by atoms with Crippen LogP contribution in [0.2, 0.25) is 0 Å². The Morgan fingerprint density at radius 1 is 1.20 bits per heavy atom. The fourth-order valence-corrected chi connectivity index (χ4v) is 1.68. The van der Waals surface area contributed by atoms with Gasteiger partial charge in [-0.05, 0) is 36.2 Å². The van der Waals surface area contributed by atoms with Gasteiger partial charge < -0.3 is 4.74 Å². The van der Waals surface area contributed by atoms with Crippen molar-refractivity contribution < 1.29 is 9.53 Å². The van der Waals surface area contributed by atoms with Crippen molar-refractivity contribution in [1.82, 2.24) is 5.43 Å². The average molecular weight is 270 g/mol. The summed E-state index contributed by atoms with van der Waals surface area (Å²) in [5.74, 6) is 0.418. The topological polar surface area (TPSA) is 50.7 Å². The molecule has 2 aromatic rings. The molecule has 0 spiro atoms. The molecule has 0 unspecified atom stereocenters. The minimum absolute atomic E-state index is 0.0428. The Balaban J connectivity index is 1.94. The molecule has 4 nitrogen and oxygen atoms in total. The van der Waals surface area contributed by atoms with E-state index in [-0.39, 0.29) is 12.5 Å².